The van der Waals surface area contributed by atoms with Gasteiger partial charge in [-0.25, -0.2) is 0 Å². The molecule has 0 fully saturated rings. The third-order valence-corrected chi connectivity index (χ3v) is 5.28. The molecule has 0 aliphatic rings. The number of thioether (sulfide) groups is 1. The van der Waals surface area contributed by atoms with Crippen LogP contribution in [-0.2, 0) is 18.9 Å². The molecular weight excluding hydrogens is 311 g/mol. The summed E-state index contributed by atoms with van der Waals surface area (Å²) in [5.41, 5.74) is 0.476. The van der Waals surface area contributed by atoms with Crippen LogP contribution in [0.2, 0.25) is 0 Å². The van der Waals surface area contributed by atoms with Crippen LogP contribution < -0.4 is 0 Å². The third kappa shape index (κ3) is 4.91. The van der Waals surface area contributed by atoms with Crippen molar-refractivity contribution in [1.82, 2.24) is 0 Å². The minimum absolute atomic E-state index is 0.0321. The molecule has 0 atom stereocenters. The van der Waals surface area contributed by atoms with Crippen LogP contribution in [-0.4, -0.2) is 30.3 Å². The molecular formula is C10H15O6PS2. The predicted octanol–water partition coefficient (Wildman–Crippen LogP) is 1.95. The second-order valence-corrected chi connectivity index (χ2v) is 8.15. The largest absolute Gasteiger partial charge is 0.352 e. The molecule has 0 aromatic heterocycles. The second kappa shape index (κ2) is 6.39. The zero-order chi connectivity index (χ0) is 14.7. The lowest BCUT2D eigenvalue weighted by atomic mass is 10.2. The Balaban J connectivity index is 3.17. The Morgan fingerprint density at radius 1 is 1.37 bits per heavy atom. The van der Waals surface area contributed by atoms with Crippen LogP contribution >= 0.6 is 19.4 Å². The SMILES string of the molecule is CCSc1cccc(C)c1S(=O)(=O)OCP(=O)(O)O. The van der Waals surface area contributed by atoms with Gasteiger partial charge < -0.3 is 9.79 Å². The summed E-state index contributed by atoms with van der Waals surface area (Å²) in [5.74, 6) is 0.671. The smallest absolute Gasteiger partial charge is 0.323 e. The molecule has 0 radical (unpaired) electrons. The van der Waals surface area contributed by atoms with Crippen molar-refractivity contribution in [2.24, 2.45) is 0 Å². The average Bonchev–Trinajstić information content (AvgIpc) is 2.26. The highest BCUT2D eigenvalue weighted by Crippen LogP contribution is 2.37. The highest BCUT2D eigenvalue weighted by Gasteiger charge is 2.26. The van der Waals surface area contributed by atoms with Gasteiger partial charge >= 0.3 is 7.60 Å². The Kier molecular flexibility index (Phi) is 5.61. The molecule has 0 saturated carbocycles. The summed E-state index contributed by atoms with van der Waals surface area (Å²) in [6, 6.07) is 4.96. The highest BCUT2D eigenvalue weighted by atomic mass is 32.2. The van der Waals surface area contributed by atoms with Crippen molar-refractivity contribution in [3.05, 3.63) is 23.8 Å². The van der Waals surface area contributed by atoms with Gasteiger partial charge in [0.1, 0.15) is 4.90 Å². The number of aryl methyl sites for hydroxylation is 1. The van der Waals surface area contributed by atoms with Crippen LogP contribution in [0.3, 0.4) is 0 Å². The summed E-state index contributed by atoms with van der Waals surface area (Å²) < 4.78 is 39.2. The van der Waals surface area contributed by atoms with E-state index in [0.717, 1.165) is 0 Å². The Hall–Kier alpha value is -0.370. The fourth-order valence-corrected chi connectivity index (χ4v) is 4.67. The van der Waals surface area contributed by atoms with E-state index < -0.39 is 24.1 Å². The lowest BCUT2D eigenvalue weighted by Crippen LogP contribution is -2.10. The molecule has 6 nitrogen and oxygen atoms in total. The predicted molar refractivity (Wildman–Crippen MR) is 72.8 cm³/mol. The molecule has 1 aromatic rings. The fraction of sp³-hybridized carbons (Fsp3) is 0.400. The first-order valence-corrected chi connectivity index (χ1v) is 9.53. The van der Waals surface area contributed by atoms with Gasteiger partial charge in [0.15, 0.2) is 6.35 Å². The molecule has 1 aromatic carbocycles. The van der Waals surface area contributed by atoms with Gasteiger partial charge in [-0.3, -0.25) is 8.75 Å². The van der Waals surface area contributed by atoms with Crippen molar-refractivity contribution in [2.45, 2.75) is 23.6 Å². The van der Waals surface area contributed by atoms with E-state index >= 15 is 0 Å². The van der Waals surface area contributed by atoms with Gasteiger partial charge in [0.05, 0.1) is 0 Å². The maximum Gasteiger partial charge on any atom is 0.352 e. The van der Waals surface area contributed by atoms with Gasteiger partial charge in [0.2, 0.25) is 0 Å². The van der Waals surface area contributed by atoms with Crippen molar-refractivity contribution < 1.29 is 27.0 Å². The lowest BCUT2D eigenvalue weighted by molar-refractivity contribution is 0.300. The standard InChI is InChI=1S/C10H15O6PS2/c1-3-18-9-6-4-5-8(2)10(9)19(14,15)16-7-17(11,12)13/h4-6H,3,7H2,1-2H3,(H2,11,12,13). The van der Waals surface area contributed by atoms with Gasteiger partial charge in [-0.2, -0.15) is 8.42 Å². The Morgan fingerprint density at radius 2 is 2.00 bits per heavy atom. The zero-order valence-electron chi connectivity index (χ0n) is 10.4. The normalized spacial score (nSPS) is 12.6. The molecule has 0 aliphatic heterocycles. The second-order valence-electron chi connectivity index (χ2n) is 3.70. The van der Waals surface area contributed by atoms with Crippen molar-refractivity contribution in [3.8, 4) is 0 Å². The van der Waals surface area contributed by atoms with Crippen LogP contribution in [0.5, 0.6) is 0 Å². The summed E-state index contributed by atoms with van der Waals surface area (Å²) in [6.45, 7) is 3.48. The van der Waals surface area contributed by atoms with Gasteiger partial charge in [-0.1, -0.05) is 19.1 Å². The van der Waals surface area contributed by atoms with E-state index in [4.69, 9.17) is 9.79 Å². The first kappa shape index (κ1) is 16.7. The summed E-state index contributed by atoms with van der Waals surface area (Å²) in [7, 11) is -8.73. The fourth-order valence-electron chi connectivity index (χ4n) is 1.41. The summed E-state index contributed by atoms with van der Waals surface area (Å²) in [4.78, 5) is 17.8. The Morgan fingerprint density at radius 3 is 2.53 bits per heavy atom. The van der Waals surface area contributed by atoms with E-state index in [-0.39, 0.29) is 4.90 Å². The van der Waals surface area contributed by atoms with E-state index in [9.17, 15) is 13.0 Å². The maximum absolute atomic E-state index is 12.0. The maximum atomic E-state index is 12.0. The first-order valence-electron chi connectivity index (χ1n) is 5.34. The number of rotatable bonds is 6. The van der Waals surface area contributed by atoms with Crippen LogP contribution in [0.25, 0.3) is 0 Å². The van der Waals surface area contributed by atoms with E-state index in [1.54, 1.807) is 25.1 Å². The first-order chi connectivity index (χ1) is 8.67. The molecule has 9 heteroatoms. The van der Waals surface area contributed by atoms with Gasteiger partial charge in [-0.05, 0) is 24.3 Å². The number of hydrogen-bond acceptors (Lipinski definition) is 5. The molecule has 0 aliphatic carbocycles. The van der Waals surface area contributed by atoms with Crippen LogP contribution in [0.4, 0.5) is 0 Å². The number of hydrogen-bond donors (Lipinski definition) is 2. The molecule has 0 amide bonds. The van der Waals surface area contributed by atoms with Crippen LogP contribution in [0.1, 0.15) is 12.5 Å². The van der Waals surface area contributed by atoms with Crippen molar-refractivity contribution in [2.75, 3.05) is 12.1 Å². The van der Waals surface area contributed by atoms with Gasteiger partial charge in [-0.15, -0.1) is 11.8 Å². The van der Waals surface area contributed by atoms with E-state index in [1.165, 1.54) is 11.8 Å². The minimum Gasteiger partial charge on any atom is -0.323 e. The topological polar surface area (TPSA) is 101 Å². The molecule has 19 heavy (non-hydrogen) atoms. The minimum atomic E-state index is -4.54. The van der Waals surface area contributed by atoms with E-state index in [1.807, 2.05) is 6.92 Å². The number of benzene rings is 1. The van der Waals surface area contributed by atoms with Gasteiger partial charge in [0.25, 0.3) is 10.1 Å². The zero-order valence-corrected chi connectivity index (χ0v) is 13.0. The monoisotopic (exact) mass is 326 g/mol. The molecule has 0 heterocycles. The van der Waals surface area contributed by atoms with Crippen LogP contribution in [0, 0.1) is 6.92 Å². The van der Waals surface area contributed by atoms with E-state index in [0.29, 0.717) is 16.2 Å². The van der Waals surface area contributed by atoms with Crippen LogP contribution in [0.15, 0.2) is 28.0 Å². The molecule has 0 saturated heterocycles. The Labute approximate surface area is 116 Å². The lowest BCUT2D eigenvalue weighted by Gasteiger charge is -2.12. The van der Waals surface area contributed by atoms with Gasteiger partial charge in [0, 0.05) is 4.90 Å². The van der Waals surface area contributed by atoms with Crippen molar-refractivity contribution in [1.29, 1.82) is 0 Å². The average molecular weight is 326 g/mol. The summed E-state index contributed by atoms with van der Waals surface area (Å²) >= 11 is 1.32. The highest BCUT2D eigenvalue weighted by molar-refractivity contribution is 8.00. The van der Waals surface area contributed by atoms with E-state index in [2.05, 4.69) is 4.18 Å². The molecule has 108 valence electrons. The van der Waals surface area contributed by atoms with Crippen molar-refractivity contribution in [3.63, 3.8) is 0 Å². The molecule has 0 bridgehead atoms. The summed E-state index contributed by atoms with van der Waals surface area (Å²) in [5, 5.41) is 0. The Bertz CT molecular complexity index is 592. The third-order valence-electron chi connectivity index (χ3n) is 2.10. The molecule has 2 N–H and O–H groups in total. The quantitative estimate of drug-likeness (QED) is 0.468. The molecule has 0 unspecified atom stereocenters. The molecule has 0 spiro atoms. The van der Waals surface area contributed by atoms with Crippen molar-refractivity contribution >= 4 is 29.5 Å². The molecule has 1 rings (SSSR count). The summed E-state index contributed by atoms with van der Waals surface area (Å²) in [6.07, 6.45) is -1.15.